The van der Waals surface area contributed by atoms with Gasteiger partial charge in [-0.15, -0.1) is 0 Å². The molecule has 1 saturated heterocycles. The fraction of sp³-hybridized carbons (Fsp3) is 0.250. The number of carboxylic acid groups (broad SMARTS) is 1. The van der Waals surface area contributed by atoms with Crippen molar-refractivity contribution in [2.75, 3.05) is 11.4 Å². The van der Waals surface area contributed by atoms with Crippen LogP contribution in [0.15, 0.2) is 42.9 Å². The molecule has 0 amide bonds. The maximum atomic E-state index is 11.4. The van der Waals surface area contributed by atoms with E-state index in [9.17, 15) is 9.90 Å². The van der Waals surface area contributed by atoms with E-state index in [1.807, 2.05) is 35.2 Å². The third-order valence-corrected chi connectivity index (χ3v) is 4.16. The quantitative estimate of drug-likeness (QED) is 0.795. The Morgan fingerprint density at radius 3 is 2.83 bits per heavy atom. The number of hydrogen-bond acceptors (Lipinski definition) is 5. The van der Waals surface area contributed by atoms with Crippen molar-refractivity contribution in [2.45, 2.75) is 18.9 Å². The van der Waals surface area contributed by atoms with Crippen LogP contribution in [0.2, 0.25) is 0 Å². The molecule has 1 aromatic carbocycles. The first-order valence-electron chi connectivity index (χ1n) is 7.49. The second-order valence-electron chi connectivity index (χ2n) is 5.52. The van der Waals surface area contributed by atoms with Crippen molar-refractivity contribution < 1.29 is 9.90 Å². The molecule has 3 heterocycles. The second-order valence-corrected chi connectivity index (χ2v) is 5.52. The Morgan fingerprint density at radius 2 is 2.04 bits per heavy atom. The summed E-state index contributed by atoms with van der Waals surface area (Å²) in [5, 5.41) is 14.6. The molecule has 0 radical (unpaired) electrons. The Hall–Kier alpha value is -2.96. The molecule has 1 aliphatic rings. The number of carbonyl (C=O) groups is 1. The van der Waals surface area contributed by atoms with Crippen LogP contribution < -0.4 is 4.90 Å². The van der Waals surface area contributed by atoms with Crippen LogP contribution in [-0.4, -0.2) is 43.4 Å². The predicted octanol–water partition coefficient (Wildman–Crippen LogP) is 1.87. The van der Waals surface area contributed by atoms with Crippen LogP contribution in [0.3, 0.4) is 0 Å². The molecule has 1 aliphatic heterocycles. The van der Waals surface area contributed by atoms with Gasteiger partial charge in [-0.05, 0) is 25.0 Å². The fourth-order valence-electron chi connectivity index (χ4n) is 3.10. The van der Waals surface area contributed by atoms with Crippen LogP contribution in [-0.2, 0) is 4.79 Å². The van der Waals surface area contributed by atoms with E-state index in [1.165, 1.54) is 6.33 Å². The fourth-order valence-corrected chi connectivity index (χ4v) is 3.10. The second kappa shape index (κ2) is 5.35. The Balaban J connectivity index is 1.84. The minimum atomic E-state index is -0.815. The van der Waals surface area contributed by atoms with E-state index < -0.39 is 12.0 Å². The summed E-state index contributed by atoms with van der Waals surface area (Å²) < 4.78 is 1.74. The molecule has 1 unspecified atom stereocenters. The number of aliphatic carboxylic acids is 1. The summed E-state index contributed by atoms with van der Waals surface area (Å²) >= 11 is 0. The van der Waals surface area contributed by atoms with E-state index >= 15 is 0 Å². The zero-order valence-corrected chi connectivity index (χ0v) is 12.3. The minimum absolute atomic E-state index is 0.534. The van der Waals surface area contributed by atoms with E-state index in [1.54, 1.807) is 10.9 Å². The van der Waals surface area contributed by atoms with Gasteiger partial charge in [0.05, 0.1) is 17.3 Å². The van der Waals surface area contributed by atoms with Crippen LogP contribution in [0.4, 0.5) is 5.82 Å². The molecular formula is C16H15N5O2. The molecule has 4 rings (SSSR count). The van der Waals surface area contributed by atoms with Gasteiger partial charge in [-0.25, -0.2) is 19.4 Å². The predicted molar refractivity (Wildman–Crippen MR) is 84.7 cm³/mol. The summed E-state index contributed by atoms with van der Waals surface area (Å²) in [5.74, 6) is -0.174. The summed E-state index contributed by atoms with van der Waals surface area (Å²) in [6.45, 7) is 0.680. The van der Waals surface area contributed by atoms with Crippen molar-refractivity contribution in [3.05, 3.63) is 42.9 Å². The SMILES string of the molecule is O=C(O)C1CCCN1c1ncnc2c1cnn2-c1ccccc1. The van der Waals surface area contributed by atoms with Crippen molar-refractivity contribution >= 4 is 22.8 Å². The summed E-state index contributed by atoms with van der Waals surface area (Å²) in [4.78, 5) is 21.9. The van der Waals surface area contributed by atoms with Gasteiger partial charge in [0.25, 0.3) is 0 Å². The van der Waals surface area contributed by atoms with E-state index in [0.29, 0.717) is 24.4 Å². The molecule has 7 heteroatoms. The summed E-state index contributed by atoms with van der Waals surface area (Å²) in [7, 11) is 0. The van der Waals surface area contributed by atoms with Crippen molar-refractivity contribution in [1.82, 2.24) is 19.7 Å². The largest absolute Gasteiger partial charge is 0.480 e. The van der Waals surface area contributed by atoms with Crippen molar-refractivity contribution in [2.24, 2.45) is 0 Å². The highest BCUT2D eigenvalue weighted by atomic mass is 16.4. The molecule has 1 fully saturated rings. The topological polar surface area (TPSA) is 84.1 Å². The molecule has 1 N–H and O–H groups in total. The highest BCUT2D eigenvalue weighted by Gasteiger charge is 2.32. The zero-order valence-electron chi connectivity index (χ0n) is 12.3. The Bertz CT molecular complexity index is 861. The van der Waals surface area contributed by atoms with Crippen LogP contribution in [0.25, 0.3) is 16.7 Å². The highest BCUT2D eigenvalue weighted by molar-refractivity contribution is 5.90. The summed E-state index contributed by atoms with van der Waals surface area (Å²) in [6.07, 6.45) is 4.65. The molecule has 1 atom stereocenters. The molecule has 2 aromatic heterocycles. The Labute approximate surface area is 132 Å². The molecule has 0 bridgehead atoms. The van der Waals surface area contributed by atoms with E-state index in [4.69, 9.17) is 0 Å². The molecule has 0 spiro atoms. The maximum absolute atomic E-state index is 11.4. The lowest BCUT2D eigenvalue weighted by molar-refractivity contribution is -0.138. The number of rotatable bonds is 3. The molecule has 23 heavy (non-hydrogen) atoms. The average molecular weight is 309 g/mol. The Kier molecular flexibility index (Phi) is 3.18. The van der Waals surface area contributed by atoms with Gasteiger partial charge in [-0.1, -0.05) is 18.2 Å². The van der Waals surface area contributed by atoms with Crippen molar-refractivity contribution in [3.63, 3.8) is 0 Å². The van der Waals surface area contributed by atoms with E-state index in [0.717, 1.165) is 17.5 Å². The summed E-state index contributed by atoms with van der Waals surface area (Å²) in [5.41, 5.74) is 1.58. The molecule has 7 nitrogen and oxygen atoms in total. The lowest BCUT2D eigenvalue weighted by atomic mass is 10.2. The lowest BCUT2D eigenvalue weighted by Crippen LogP contribution is -2.36. The van der Waals surface area contributed by atoms with Gasteiger partial charge < -0.3 is 10.0 Å². The molecule has 3 aromatic rings. The third kappa shape index (κ3) is 2.21. The number of nitrogens with zero attached hydrogens (tertiary/aromatic N) is 5. The Morgan fingerprint density at radius 1 is 1.22 bits per heavy atom. The van der Waals surface area contributed by atoms with Crippen LogP contribution in [0, 0.1) is 0 Å². The van der Waals surface area contributed by atoms with E-state index in [2.05, 4.69) is 15.1 Å². The van der Waals surface area contributed by atoms with Crippen LogP contribution in [0.5, 0.6) is 0 Å². The van der Waals surface area contributed by atoms with Gasteiger partial charge in [0.1, 0.15) is 18.2 Å². The van der Waals surface area contributed by atoms with Gasteiger partial charge >= 0.3 is 5.97 Å². The summed E-state index contributed by atoms with van der Waals surface area (Å²) in [6, 6.07) is 9.18. The maximum Gasteiger partial charge on any atom is 0.326 e. The highest BCUT2D eigenvalue weighted by Crippen LogP contribution is 2.30. The number of anilines is 1. The molecule has 0 saturated carbocycles. The lowest BCUT2D eigenvalue weighted by Gasteiger charge is -2.22. The average Bonchev–Trinajstić information content (AvgIpc) is 3.22. The smallest absolute Gasteiger partial charge is 0.326 e. The van der Waals surface area contributed by atoms with Crippen molar-refractivity contribution in [3.8, 4) is 5.69 Å². The van der Waals surface area contributed by atoms with E-state index in [-0.39, 0.29) is 0 Å². The van der Waals surface area contributed by atoms with Gasteiger partial charge in [0.15, 0.2) is 5.65 Å². The number of hydrogen-bond donors (Lipinski definition) is 1. The first kappa shape index (κ1) is 13.7. The van der Waals surface area contributed by atoms with Crippen LogP contribution in [0.1, 0.15) is 12.8 Å². The first-order valence-corrected chi connectivity index (χ1v) is 7.49. The number of carboxylic acids is 1. The standard InChI is InChI=1S/C16H15N5O2/c22-16(23)13-7-4-8-20(13)14-12-9-19-21(15(12)18-10-17-14)11-5-2-1-3-6-11/h1-3,5-6,9-10,13H,4,7-8H2,(H,22,23). The van der Waals surface area contributed by atoms with Crippen LogP contribution >= 0.6 is 0 Å². The third-order valence-electron chi connectivity index (χ3n) is 4.16. The number of fused-ring (bicyclic) bond motifs is 1. The zero-order chi connectivity index (χ0) is 15.8. The molecular weight excluding hydrogens is 294 g/mol. The van der Waals surface area contributed by atoms with Gasteiger partial charge in [-0.2, -0.15) is 5.10 Å². The van der Waals surface area contributed by atoms with Crippen molar-refractivity contribution in [1.29, 1.82) is 0 Å². The number of para-hydroxylation sites is 1. The normalized spacial score (nSPS) is 17.7. The van der Waals surface area contributed by atoms with Gasteiger partial charge in [-0.3, -0.25) is 0 Å². The van der Waals surface area contributed by atoms with Gasteiger partial charge in [0, 0.05) is 6.54 Å². The molecule has 0 aliphatic carbocycles. The molecule has 116 valence electrons. The first-order chi connectivity index (χ1) is 11.3. The monoisotopic (exact) mass is 309 g/mol. The number of aromatic nitrogens is 4. The van der Waals surface area contributed by atoms with Gasteiger partial charge in [0.2, 0.25) is 0 Å². The minimum Gasteiger partial charge on any atom is -0.480 e. The number of benzene rings is 1.